The van der Waals surface area contributed by atoms with E-state index in [1.807, 2.05) is 0 Å². The van der Waals surface area contributed by atoms with Crippen LogP contribution in [0.5, 0.6) is 0 Å². The van der Waals surface area contributed by atoms with Crippen molar-refractivity contribution < 1.29 is 18.8 Å². The van der Waals surface area contributed by atoms with E-state index in [1.54, 1.807) is 36.4 Å². The fourth-order valence-corrected chi connectivity index (χ4v) is 2.93. The van der Waals surface area contributed by atoms with Crippen LogP contribution in [0.15, 0.2) is 53.6 Å². The van der Waals surface area contributed by atoms with Crippen LogP contribution in [0.1, 0.15) is 24.8 Å². The van der Waals surface area contributed by atoms with E-state index >= 15 is 0 Å². The normalized spacial score (nSPS) is 18.3. The number of carbonyl (C=O) groups excluding carboxylic acids is 3. The number of benzene rings is 1. The second-order valence-electron chi connectivity index (χ2n) is 6.39. The van der Waals surface area contributed by atoms with Gasteiger partial charge in [0.05, 0.1) is 11.6 Å². The number of nitrogens with zero attached hydrogens (tertiary/aromatic N) is 2. The molecule has 7 heteroatoms. The molecule has 1 aromatic rings. The Bertz CT molecular complexity index is 827. The number of allylic oxidation sites excluding steroid dienone is 3. The molecule has 0 bridgehead atoms. The van der Waals surface area contributed by atoms with Crippen molar-refractivity contribution in [1.82, 2.24) is 10.2 Å². The third-order valence-corrected chi connectivity index (χ3v) is 4.43. The molecule has 140 valence electrons. The lowest BCUT2D eigenvalue weighted by Gasteiger charge is -2.28. The molecule has 27 heavy (non-hydrogen) atoms. The SMILES string of the molecule is O=C(CCCCN1C(=O)N=C2C=CC=CC2C1=O)NCc1ccc(F)cc1. The van der Waals surface area contributed by atoms with Gasteiger partial charge in [0.2, 0.25) is 11.8 Å². The molecule has 1 aliphatic carbocycles. The fourth-order valence-electron chi connectivity index (χ4n) is 2.93. The van der Waals surface area contributed by atoms with Crippen molar-refractivity contribution in [2.24, 2.45) is 10.9 Å². The van der Waals surface area contributed by atoms with Crippen molar-refractivity contribution >= 4 is 23.6 Å². The Kier molecular flexibility index (Phi) is 5.90. The van der Waals surface area contributed by atoms with Gasteiger partial charge >= 0.3 is 6.03 Å². The average Bonchev–Trinajstić information content (AvgIpc) is 2.67. The van der Waals surface area contributed by atoms with Crippen LogP contribution in [0.25, 0.3) is 0 Å². The standard InChI is InChI=1S/C20H20FN3O3/c21-15-10-8-14(9-11-15)13-22-18(25)7-3-4-12-24-19(26)16-5-1-2-6-17(16)23-20(24)27/h1-2,5-6,8-11,16H,3-4,7,12-13H2,(H,22,25). The number of imide groups is 1. The molecule has 0 saturated carbocycles. The number of unbranched alkanes of at least 4 members (excludes halogenated alkanes) is 1. The summed E-state index contributed by atoms with van der Waals surface area (Å²) in [5.41, 5.74) is 1.29. The molecule has 0 spiro atoms. The fraction of sp³-hybridized carbons (Fsp3) is 0.300. The molecular formula is C20H20FN3O3. The van der Waals surface area contributed by atoms with E-state index in [-0.39, 0.29) is 30.6 Å². The molecule has 1 N–H and O–H groups in total. The van der Waals surface area contributed by atoms with E-state index < -0.39 is 11.9 Å². The summed E-state index contributed by atoms with van der Waals surface area (Å²) >= 11 is 0. The zero-order valence-corrected chi connectivity index (χ0v) is 14.7. The van der Waals surface area contributed by atoms with Crippen LogP contribution in [0.3, 0.4) is 0 Å². The lowest BCUT2D eigenvalue weighted by molar-refractivity contribution is -0.129. The highest BCUT2D eigenvalue weighted by atomic mass is 19.1. The number of halogens is 1. The van der Waals surface area contributed by atoms with E-state index in [1.165, 1.54) is 12.1 Å². The lowest BCUT2D eigenvalue weighted by Crippen LogP contribution is -2.46. The Balaban J connectivity index is 1.40. The van der Waals surface area contributed by atoms with E-state index in [4.69, 9.17) is 0 Å². The van der Waals surface area contributed by atoms with Crippen molar-refractivity contribution in [3.05, 3.63) is 60.0 Å². The number of carbonyl (C=O) groups is 3. The monoisotopic (exact) mass is 369 g/mol. The van der Waals surface area contributed by atoms with Crippen molar-refractivity contribution in [1.29, 1.82) is 0 Å². The number of amides is 4. The molecule has 1 atom stereocenters. The topological polar surface area (TPSA) is 78.8 Å². The highest BCUT2D eigenvalue weighted by Crippen LogP contribution is 2.20. The van der Waals surface area contributed by atoms with Crippen molar-refractivity contribution in [2.75, 3.05) is 6.54 Å². The van der Waals surface area contributed by atoms with Crippen molar-refractivity contribution in [2.45, 2.75) is 25.8 Å². The van der Waals surface area contributed by atoms with Crippen LogP contribution in [0.4, 0.5) is 9.18 Å². The molecule has 0 radical (unpaired) electrons. The number of hydrogen-bond donors (Lipinski definition) is 1. The molecule has 3 rings (SSSR count). The number of fused-ring (bicyclic) bond motifs is 1. The van der Waals surface area contributed by atoms with Crippen LogP contribution < -0.4 is 5.32 Å². The van der Waals surface area contributed by atoms with Gasteiger partial charge in [0.15, 0.2) is 0 Å². The van der Waals surface area contributed by atoms with Gasteiger partial charge in [0.1, 0.15) is 5.82 Å². The summed E-state index contributed by atoms with van der Waals surface area (Å²) in [7, 11) is 0. The van der Waals surface area contributed by atoms with E-state index in [9.17, 15) is 18.8 Å². The maximum Gasteiger partial charge on any atom is 0.350 e. The van der Waals surface area contributed by atoms with Crippen LogP contribution in [-0.2, 0) is 16.1 Å². The smallest absolute Gasteiger partial charge is 0.350 e. The number of rotatable bonds is 7. The largest absolute Gasteiger partial charge is 0.352 e. The number of urea groups is 1. The Morgan fingerprint density at radius 1 is 1.15 bits per heavy atom. The molecule has 1 aliphatic heterocycles. The molecule has 4 amide bonds. The van der Waals surface area contributed by atoms with E-state index in [2.05, 4.69) is 10.3 Å². The van der Waals surface area contributed by atoms with Gasteiger partial charge in [0, 0.05) is 19.5 Å². The second kappa shape index (κ2) is 8.53. The quantitative estimate of drug-likeness (QED) is 0.751. The number of nitrogens with one attached hydrogen (secondary N) is 1. The average molecular weight is 369 g/mol. The predicted octanol–water partition coefficient (Wildman–Crippen LogP) is 2.76. The van der Waals surface area contributed by atoms with Gasteiger partial charge in [-0.3, -0.25) is 14.5 Å². The maximum atomic E-state index is 12.8. The minimum atomic E-state index is -0.549. The Morgan fingerprint density at radius 2 is 1.93 bits per heavy atom. The molecule has 1 aromatic carbocycles. The predicted molar refractivity (Wildman–Crippen MR) is 98.4 cm³/mol. The van der Waals surface area contributed by atoms with Gasteiger partial charge in [-0.15, -0.1) is 0 Å². The van der Waals surface area contributed by atoms with Gasteiger partial charge in [0.25, 0.3) is 0 Å². The number of aliphatic imine (C=N–C) groups is 1. The third-order valence-electron chi connectivity index (χ3n) is 4.43. The summed E-state index contributed by atoms with van der Waals surface area (Å²) in [6.45, 7) is 0.578. The van der Waals surface area contributed by atoms with E-state index in [0.29, 0.717) is 25.1 Å². The van der Waals surface area contributed by atoms with Crippen LogP contribution in [0.2, 0.25) is 0 Å². The second-order valence-corrected chi connectivity index (χ2v) is 6.39. The summed E-state index contributed by atoms with van der Waals surface area (Å²) < 4.78 is 12.8. The van der Waals surface area contributed by atoms with Crippen LogP contribution >= 0.6 is 0 Å². The molecule has 0 aromatic heterocycles. The lowest BCUT2D eigenvalue weighted by atomic mass is 9.95. The first kappa shape index (κ1) is 18.7. The maximum absolute atomic E-state index is 12.8. The molecule has 1 heterocycles. The molecule has 0 saturated heterocycles. The van der Waals surface area contributed by atoms with Crippen molar-refractivity contribution in [3.8, 4) is 0 Å². The molecule has 6 nitrogen and oxygen atoms in total. The molecule has 0 fully saturated rings. The summed E-state index contributed by atoms with van der Waals surface area (Å²) in [6, 6.07) is 5.38. The first-order chi connectivity index (χ1) is 13.0. The van der Waals surface area contributed by atoms with Crippen LogP contribution in [-0.4, -0.2) is 35.0 Å². The first-order valence-corrected chi connectivity index (χ1v) is 8.84. The minimum Gasteiger partial charge on any atom is -0.352 e. The van der Waals surface area contributed by atoms with Crippen LogP contribution in [0, 0.1) is 11.7 Å². The summed E-state index contributed by atoms with van der Waals surface area (Å²) in [5, 5.41) is 2.76. The Labute approximate surface area is 156 Å². The highest BCUT2D eigenvalue weighted by Gasteiger charge is 2.35. The van der Waals surface area contributed by atoms with Crippen molar-refractivity contribution in [3.63, 3.8) is 0 Å². The molecule has 2 aliphatic rings. The Hall–Kier alpha value is -3.09. The van der Waals surface area contributed by atoms with Gasteiger partial charge in [-0.25, -0.2) is 9.18 Å². The number of hydrogen-bond acceptors (Lipinski definition) is 3. The first-order valence-electron chi connectivity index (χ1n) is 8.84. The summed E-state index contributed by atoms with van der Waals surface area (Å²) in [4.78, 5) is 41.4. The van der Waals surface area contributed by atoms with E-state index in [0.717, 1.165) is 10.5 Å². The Morgan fingerprint density at radius 3 is 2.70 bits per heavy atom. The third kappa shape index (κ3) is 4.75. The van der Waals surface area contributed by atoms with Gasteiger partial charge in [-0.05, 0) is 36.6 Å². The zero-order chi connectivity index (χ0) is 19.2. The molecule has 1 unspecified atom stereocenters. The summed E-state index contributed by atoms with van der Waals surface area (Å²) in [5.74, 6) is -1.21. The zero-order valence-electron chi connectivity index (χ0n) is 14.7. The molecular weight excluding hydrogens is 349 g/mol. The minimum absolute atomic E-state index is 0.128. The van der Waals surface area contributed by atoms with Gasteiger partial charge in [-0.1, -0.05) is 30.4 Å². The summed E-state index contributed by atoms with van der Waals surface area (Å²) in [6.07, 6.45) is 8.27. The van der Waals surface area contributed by atoms with Gasteiger partial charge < -0.3 is 5.32 Å². The highest BCUT2D eigenvalue weighted by molar-refractivity contribution is 6.21. The van der Waals surface area contributed by atoms with Gasteiger partial charge in [-0.2, -0.15) is 4.99 Å².